The zero-order valence-electron chi connectivity index (χ0n) is 33.5. The first-order chi connectivity index (χ1) is 28.3. The van der Waals surface area contributed by atoms with Crippen LogP contribution in [-0.2, 0) is 10.8 Å². The van der Waals surface area contributed by atoms with Gasteiger partial charge in [0.1, 0.15) is 0 Å². The number of nitrogens with zero attached hydrogens (tertiary/aromatic N) is 2. The van der Waals surface area contributed by atoms with Gasteiger partial charge in [-0.3, -0.25) is 0 Å². The summed E-state index contributed by atoms with van der Waals surface area (Å²) in [7, 11) is 0. The van der Waals surface area contributed by atoms with Gasteiger partial charge in [0.15, 0.2) is 0 Å². The minimum absolute atomic E-state index is 0.0664. The highest BCUT2D eigenvalue weighted by Gasteiger charge is 2.47. The van der Waals surface area contributed by atoms with E-state index in [2.05, 4.69) is 231 Å². The maximum Gasteiger partial charge on any atom is 0.0581 e. The largest absolute Gasteiger partial charge is 0.310 e. The Morgan fingerprint density at radius 2 is 1.21 bits per heavy atom. The maximum atomic E-state index is 2.54. The number of fused-ring (bicyclic) bond motifs is 10. The van der Waals surface area contributed by atoms with E-state index in [0.717, 1.165) is 11.4 Å². The Morgan fingerprint density at radius 3 is 1.93 bits per heavy atom. The molecule has 0 aliphatic heterocycles. The predicted octanol–water partition coefficient (Wildman–Crippen LogP) is 14.8. The average molecular weight is 747 g/mol. The molecule has 0 fully saturated rings. The van der Waals surface area contributed by atoms with Crippen LogP contribution >= 0.6 is 0 Å². The number of rotatable bonds is 6. The summed E-state index contributed by atoms with van der Waals surface area (Å²) in [6.45, 7) is 9.69. The van der Waals surface area contributed by atoms with E-state index in [1.54, 1.807) is 0 Å². The third-order valence-electron chi connectivity index (χ3n) is 13.4. The van der Waals surface area contributed by atoms with Crippen LogP contribution in [0.15, 0.2) is 194 Å². The highest BCUT2D eigenvalue weighted by molar-refractivity contribution is 6.11. The first-order valence-corrected chi connectivity index (χ1v) is 20.7. The highest BCUT2D eigenvalue weighted by atomic mass is 15.1. The Labute approximate surface area is 341 Å². The SMILES string of the molecule is CC1(C)c2cc(/C=C/C3=CC4C(C=C3)c3ccc5c6ccccc6n(-c6ccccc6)c5c3C4(C)C)ccc2-c2ccc(N(c3ccccc3)c3ccccc3)cc21. The van der Waals surface area contributed by atoms with E-state index in [-0.39, 0.29) is 10.8 Å². The predicted molar refractivity (Wildman–Crippen MR) is 245 cm³/mol. The molecule has 280 valence electrons. The Kier molecular flexibility index (Phi) is 7.72. The summed E-state index contributed by atoms with van der Waals surface area (Å²) in [5.41, 5.74) is 17.9. The molecule has 1 heterocycles. The molecular weight excluding hydrogens is 701 g/mol. The van der Waals surface area contributed by atoms with Crippen molar-refractivity contribution in [2.24, 2.45) is 5.92 Å². The van der Waals surface area contributed by atoms with Crippen LogP contribution in [0.4, 0.5) is 17.1 Å². The zero-order chi connectivity index (χ0) is 39.2. The third-order valence-corrected chi connectivity index (χ3v) is 13.4. The van der Waals surface area contributed by atoms with Gasteiger partial charge in [-0.1, -0.05) is 167 Å². The fourth-order valence-corrected chi connectivity index (χ4v) is 10.6. The van der Waals surface area contributed by atoms with Gasteiger partial charge in [-0.05, 0) is 110 Å². The molecule has 58 heavy (non-hydrogen) atoms. The van der Waals surface area contributed by atoms with Crippen molar-refractivity contribution in [3.63, 3.8) is 0 Å². The Balaban J connectivity index is 0.923. The van der Waals surface area contributed by atoms with Crippen LogP contribution in [0.2, 0.25) is 0 Å². The number of para-hydroxylation sites is 4. The van der Waals surface area contributed by atoms with Gasteiger partial charge in [0, 0.05) is 44.9 Å². The molecule has 0 N–H and O–H groups in total. The number of hydrogen-bond acceptors (Lipinski definition) is 1. The van der Waals surface area contributed by atoms with Crippen LogP contribution in [0.1, 0.15) is 61.4 Å². The van der Waals surface area contributed by atoms with E-state index < -0.39 is 0 Å². The Bertz CT molecular complexity index is 2960. The van der Waals surface area contributed by atoms with E-state index in [9.17, 15) is 0 Å². The monoisotopic (exact) mass is 746 g/mol. The molecule has 0 amide bonds. The van der Waals surface area contributed by atoms with Crippen LogP contribution in [0.5, 0.6) is 0 Å². The van der Waals surface area contributed by atoms with Crippen LogP contribution < -0.4 is 4.90 Å². The number of aromatic nitrogens is 1. The van der Waals surface area contributed by atoms with E-state index in [0.29, 0.717) is 11.8 Å². The molecule has 2 nitrogen and oxygen atoms in total. The van der Waals surface area contributed by atoms with E-state index in [1.165, 1.54) is 77.7 Å². The van der Waals surface area contributed by atoms with Crippen molar-refractivity contribution in [2.75, 3.05) is 4.90 Å². The van der Waals surface area contributed by atoms with Crippen LogP contribution in [0.25, 0.3) is 44.7 Å². The molecule has 2 unspecified atom stereocenters. The summed E-state index contributed by atoms with van der Waals surface area (Å²) in [5.74, 6) is 0.701. The zero-order valence-corrected chi connectivity index (χ0v) is 33.5. The summed E-state index contributed by atoms with van der Waals surface area (Å²) >= 11 is 0. The lowest BCUT2D eigenvalue weighted by molar-refractivity contribution is 0.394. The molecule has 0 bridgehead atoms. The quantitative estimate of drug-likeness (QED) is 0.164. The molecule has 0 saturated heterocycles. The smallest absolute Gasteiger partial charge is 0.0581 e. The number of hydrogen-bond donors (Lipinski definition) is 0. The van der Waals surface area contributed by atoms with Gasteiger partial charge in [0.05, 0.1) is 11.0 Å². The summed E-state index contributed by atoms with van der Waals surface area (Å²) in [6, 6.07) is 60.0. The van der Waals surface area contributed by atoms with Gasteiger partial charge in [-0.15, -0.1) is 0 Å². The van der Waals surface area contributed by atoms with Crippen molar-refractivity contribution >= 4 is 44.9 Å². The minimum Gasteiger partial charge on any atom is -0.310 e. The molecule has 1 aromatic heterocycles. The molecule has 0 saturated carbocycles. The third kappa shape index (κ3) is 5.17. The molecule has 2 heteroatoms. The second-order valence-corrected chi connectivity index (χ2v) is 17.4. The fourth-order valence-electron chi connectivity index (χ4n) is 10.6. The standard InChI is InChI=1S/C56H46N2/c1-55(2)49-34-37(26-29-43(49)44-31-28-42(36-51(44)55)57(39-16-8-5-9-17-39)40-18-10-6-11-19-40)24-25-38-27-30-45-47-32-33-48-46-22-14-15-23-52(46)58(41-20-12-7-13-21-41)54(48)53(47)56(3,4)50(45)35-38/h5-36,45,50H,1-4H3/b25-24+. The van der Waals surface area contributed by atoms with Gasteiger partial charge in [-0.25, -0.2) is 0 Å². The molecule has 8 aromatic rings. The lowest BCUT2D eigenvalue weighted by atomic mass is 9.73. The van der Waals surface area contributed by atoms with Crippen molar-refractivity contribution < 1.29 is 0 Å². The van der Waals surface area contributed by atoms with Crippen molar-refractivity contribution in [3.8, 4) is 16.8 Å². The second-order valence-electron chi connectivity index (χ2n) is 17.4. The minimum atomic E-state index is -0.145. The molecule has 7 aromatic carbocycles. The molecular formula is C56H46N2. The first kappa shape index (κ1) is 34.6. The summed E-state index contributed by atoms with van der Waals surface area (Å²) in [5, 5.41) is 2.65. The van der Waals surface area contributed by atoms with Crippen LogP contribution in [0.3, 0.4) is 0 Å². The van der Waals surface area contributed by atoms with Gasteiger partial charge in [-0.2, -0.15) is 0 Å². The number of anilines is 3. The number of benzene rings is 7. The second kappa shape index (κ2) is 12.9. The van der Waals surface area contributed by atoms with Crippen molar-refractivity contribution in [3.05, 3.63) is 221 Å². The molecule has 2 atom stereocenters. The molecule has 11 rings (SSSR count). The summed E-state index contributed by atoms with van der Waals surface area (Å²) < 4.78 is 2.51. The maximum absolute atomic E-state index is 2.54. The lowest BCUT2D eigenvalue weighted by Crippen LogP contribution is -2.25. The molecule has 0 spiro atoms. The van der Waals surface area contributed by atoms with E-state index >= 15 is 0 Å². The van der Waals surface area contributed by atoms with Gasteiger partial charge in [0.25, 0.3) is 0 Å². The topological polar surface area (TPSA) is 8.17 Å². The van der Waals surface area contributed by atoms with Gasteiger partial charge >= 0.3 is 0 Å². The molecule has 3 aliphatic rings. The van der Waals surface area contributed by atoms with E-state index in [1.807, 2.05) is 0 Å². The van der Waals surface area contributed by atoms with Crippen molar-refractivity contribution in [1.82, 2.24) is 4.57 Å². The number of allylic oxidation sites excluding steroid dienone is 5. The Morgan fingerprint density at radius 1 is 0.569 bits per heavy atom. The average Bonchev–Trinajstić information content (AvgIpc) is 3.80. The van der Waals surface area contributed by atoms with Crippen LogP contribution in [-0.4, -0.2) is 4.57 Å². The Hall–Kier alpha value is -6.64. The van der Waals surface area contributed by atoms with Gasteiger partial charge in [0.2, 0.25) is 0 Å². The fraction of sp³-hybridized carbons (Fsp3) is 0.143. The lowest BCUT2D eigenvalue weighted by Gasteiger charge is -2.31. The van der Waals surface area contributed by atoms with Gasteiger partial charge < -0.3 is 9.47 Å². The highest BCUT2D eigenvalue weighted by Crippen LogP contribution is 2.57. The first-order valence-electron chi connectivity index (χ1n) is 20.7. The van der Waals surface area contributed by atoms with Crippen molar-refractivity contribution in [1.29, 1.82) is 0 Å². The van der Waals surface area contributed by atoms with Crippen LogP contribution in [0, 0.1) is 5.92 Å². The summed E-state index contributed by atoms with van der Waals surface area (Å²) in [6.07, 6.45) is 12.0. The molecule has 0 radical (unpaired) electrons. The summed E-state index contributed by atoms with van der Waals surface area (Å²) in [4.78, 5) is 2.36. The van der Waals surface area contributed by atoms with Crippen molar-refractivity contribution in [2.45, 2.75) is 44.4 Å². The van der Waals surface area contributed by atoms with E-state index in [4.69, 9.17) is 0 Å². The normalized spacial score (nSPS) is 18.2. The molecule has 3 aliphatic carbocycles.